The van der Waals surface area contributed by atoms with E-state index in [1.807, 2.05) is 18.2 Å². The summed E-state index contributed by atoms with van der Waals surface area (Å²) in [4.78, 5) is 0. The molecule has 1 saturated carbocycles. The highest BCUT2D eigenvalue weighted by Crippen LogP contribution is 2.30. The minimum Gasteiger partial charge on any atom is -0.492 e. The van der Waals surface area contributed by atoms with Crippen molar-refractivity contribution >= 4 is 21.6 Å². The molecule has 2 rings (SSSR count). The number of benzene rings is 1. The van der Waals surface area contributed by atoms with E-state index < -0.39 is 0 Å². The summed E-state index contributed by atoms with van der Waals surface area (Å²) >= 11 is 3.46. The molecule has 2 N–H and O–H groups in total. The van der Waals surface area contributed by atoms with Crippen LogP contribution in [0.5, 0.6) is 5.75 Å². The minimum atomic E-state index is 0.735. The molecule has 0 atom stereocenters. The van der Waals surface area contributed by atoms with Crippen molar-refractivity contribution in [2.75, 3.05) is 12.3 Å². The van der Waals surface area contributed by atoms with Crippen molar-refractivity contribution in [1.29, 1.82) is 0 Å². The number of rotatable bonds is 3. The number of hydrogen-bond donors (Lipinski definition) is 1. The molecule has 1 fully saturated rings. The second kappa shape index (κ2) is 4.88. The van der Waals surface area contributed by atoms with Gasteiger partial charge in [-0.1, -0.05) is 12.8 Å². The van der Waals surface area contributed by atoms with Crippen LogP contribution in [0.25, 0.3) is 0 Å². The first-order valence-electron chi connectivity index (χ1n) is 5.43. The van der Waals surface area contributed by atoms with Crippen molar-refractivity contribution in [3.8, 4) is 5.75 Å². The summed E-state index contributed by atoms with van der Waals surface area (Å²) in [5, 5.41) is 0. The van der Waals surface area contributed by atoms with Crippen molar-refractivity contribution < 1.29 is 4.74 Å². The van der Waals surface area contributed by atoms with Gasteiger partial charge in [0.25, 0.3) is 0 Å². The Morgan fingerprint density at radius 1 is 1.33 bits per heavy atom. The Bertz CT molecular complexity index is 334. The zero-order valence-electron chi connectivity index (χ0n) is 8.71. The summed E-state index contributed by atoms with van der Waals surface area (Å²) in [7, 11) is 0. The molecule has 0 bridgehead atoms. The number of ether oxygens (including phenoxy) is 1. The zero-order valence-corrected chi connectivity index (χ0v) is 10.3. The molecule has 0 saturated heterocycles. The third kappa shape index (κ3) is 2.88. The highest BCUT2D eigenvalue weighted by molar-refractivity contribution is 9.10. The van der Waals surface area contributed by atoms with Gasteiger partial charge in [-0.25, -0.2) is 0 Å². The van der Waals surface area contributed by atoms with Crippen LogP contribution in [0.3, 0.4) is 0 Å². The molecule has 1 aromatic rings. The van der Waals surface area contributed by atoms with Gasteiger partial charge >= 0.3 is 0 Å². The van der Waals surface area contributed by atoms with Gasteiger partial charge < -0.3 is 10.5 Å². The Balaban J connectivity index is 1.94. The van der Waals surface area contributed by atoms with Gasteiger partial charge in [-0.3, -0.25) is 0 Å². The van der Waals surface area contributed by atoms with E-state index in [0.717, 1.165) is 28.4 Å². The Morgan fingerprint density at radius 2 is 2.07 bits per heavy atom. The highest BCUT2D eigenvalue weighted by atomic mass is 79.9. The van der Waals surface area contributed by atoms with Gasteiger partial charge in [-0.2, -0.15) is 0 Å². The number of nitrogen functional groups attached to an aromatic ring is 1. The molecule has 82 valence electrons. The maximum atomic E-state index is 5.77. The zero-order chi connectivity index (χ0) is 10.7. The third-order valence-electron chi connectivity index (χ3n) is 2.90. The first kappa shape index (κ1) is 10.8. The maximum absolute atomic E-state index is 5.77. The second-order valence-electron chi connectivity index (χ2n) is 4.15. The van der Waals surface area contributed by atoms with Gasteiger partial charge in [-0.15, -0.1) is 0 Å². The summed E-state index contributed by atoms with van der Waals surface area (Å²) in [6.07, 6.45) is 5.32. The summed E-state index contributed by atoms with van der Waals surface area (Å²) in [5.41, 5.74) is 6.46. The van der Waals surface area contributed by atoms with E-state index in [4.69, 9.17) is 10.5 Å². The first-order valence-corrected chi connectivity index (χ1v) is 6.23. The van der Waals surface area contributed by atoms with Crippen LogP contribution in [0.1, 0.15) is 25.7 Å². The van der Waals surface area contributed by atoms with Crippen molar-refractivity contribution in [2.24, 2.45) is 5.92 Å². The molecule has 0 aromatic heterocycles. The Kier molecular flexibility index (Phi) is 3.52. The van der Waals surface area contributed by atoms with Crippen molar-refractivity contribution in [2.45, 2.75) is 25.7 Å². The van der Waals surface area contributed by atoms with E-state index in [2.05, 4.69) is 15.9 Å². The lowest BCUT2D eigenvalue weighted by atomic mass is 10.1. The molecule has 3 heteroatoms. The normalized spacial score (nSPS) is 16.9. The van der Waals surface area contributed by atoms with Gasteiger partial charge in [0, 0.05) is 11.8 Å². The molecule has 0 unspecified atom stereocenters. The van der Waals surface area contributed by atoms with E-state index in [9.17, 15) is 0 Å². The van der Waals surface area contributed by atoms with Gasteiger partial charge in [0.05, 0.1) is 11.1 Å². The van der Waals surface area contributed by atoms with E-state index >= 15 is 0 Å². The van der Waals surface area contributed by atoms with Gasteiger partial charge in [0.15, 0.2) is 0 Å². The molecule has 1 aromatic carbocycles. The average molecular weight is 270 g/mol. The van der Waals surface area contributed by atoms with Gasteiger partial charge in [0.2, 0.25) is 0 Å². The Hall–Kier alpha value is -0.700. The van der Waals surface area contributed by atoms with E-state index in [0.29, 0.717) is 0 Å². The van der Waals surface area contributed by atoms with E-state index in [-0.39, 0.29) is 0 Å². The molecular weight excluding hydrogens is 254 g/mol. The fourth-order valence-electron chi connectivity index (χ4n) is 2.02. The summed E-state index contributed by atoms with van der Waals surface area (Å²) in [6.45, 7) is 0.821. The Morgan fingerprint density at radius 3 is 2.80 bits per heavy atom. The number of nitrogens with two attached hydrogens (primary N) is 1. The fraction of sp³-hybridized carbons (Fsp3) is 0.500. The summed E-state index contributed by atoms with van der Waals surface area (Å²) in [5.74, 6) is 1.60. The lowest BCUT2D eigenvalue weighted by molar-refractivity contribution is 0.251. The molecule has 1 aliphatic rings. The fourth-order valence-corrected chi connectivity index (χ4v) is 2.38. The topological polar surface area (TPSA) is 35.2 Å². The SMILES string of the molecule is Nc1ccc(Br)c(OCC2CCCC2)c1. The average Bonchev–Trinajstić information content (AvgIpc) is 2.72. The van der Waals surface area contributed by atoms with E-state index in [1.54, 1.807) is 0 Å². The first-order chi connectivity index (χ1) is 7.25. The van der Waals surface area contributed by atoms with Crippen LogP contribution in [0.4, 0.5) is 5.69 Å². The summed E-state index contributed by atoms with van der Waals surface area (Å²) < 4.78 is 6.76. The van der Waals surface area contributed by atoms with Crippen LogP contribution in [-0.2, 0) is 0 Å². The minimum absolute atomic E-state index is 0.735. The van der Waals surface area contributed by atoms with Crippen molar-refractivity contribution in [1.82, 2.24) is 0 Å². The molecular formula is C12H16BrNO. The van der Waals surface area contributed by atoms with Crippen LogP contribution in [0.15, 0.2) is 22.7 Å². The predicted molar refractivity (Wildman–Crippen MR) is 66.0 cm³/mol. The largest absolute Gasteiger partial charge is 0.492 e. The number of hydrogen-bond acceptors (Lipinski definition) is 2. The number of halogens is 1. The van der Waals surface area contributed by atoms with Crippen LogP contribution in [0.2, 0.25) is 0 Å². The lowest BCUT2D eigenvalue weighted by Gasteiger charge is -2.12. The molecule has 0 heterocycles. The molecule has 0 amide bonds. The predicted octanol–water partition coefficient (Wildman–Crippen LogP) is 3.60. The molecule has 0 radical (unpaired) electrons. The van der Waals surface area contributed by atoms with E-state index in [1.165, 1.54) is 25.7 Å². The van der Waals surface area contributed by atoms with Crippen molar-refractivity contribution in [3.63, 3.8) is 0 Å². The van der Waals surface area contributed by atoms with Gasteiger partial charge in [0.1, 0.15) is 5.75 Å². The smallest absolute Gasteiger partial charge is 0.135 e. The molecule has 0 spiro atoms. The van der Waals surface area contributed by atoms with Crippen LogP contribution in [0, 0.1) is 5.92 Å². The van der Waals surface area contributed by atoms with Crippen LogP contribution in [-0.4, -0.2) is 6.61 Å². The third-order valence-corrected chi connectivity index (χ3v) is 3.56. The van der Waals surface area contributed by atoms with Crippen LogP contribution < -0.4 is 10.5 Å². The Labute approximate surface area is 98.9 Å². The quantitative estimate of drug-likeness (QED) is 0.852. The second-order valence-corrected chi connectivity index (χ2v) is 5.01. The lowest BCUT2D eigenvalue weighted by Crippen LogP contribution is -2.08. The van der Waals surface area contributed by atoms with Crippen LogP contribution >= 0.6 is 15.9 Å². The monoisotopic (exact) mass is 269 g/mol. The maximum Gasteiger partial charge on any atom is 0.135 e. The molecule has 1 aliphatic carbocycles. The number of anilines is 1. The van der Waals surface area contributed by atoms with Gasteiger partial charge in [-0.05, 0) is 46.8 Å². The molecule has 15 heavy (non-hydrogen) atoms. The highest BCUT2D eigenvalue weighted by Gasteiger charge is 2.15. The standard InChI is InChI=1S/C12H16BrNO/c13-11-6-5-10(14)7-12(11)15-8-9-3-1-2-4-9/h5-7,9H,1-4,8,14H2. The molecule has 0 aliphatic heterocycles. The van der Waals surface area contributed by atoms with Crippen molar-refractivity contribution in [3.05, 3.63) is 22.7 Å². The molecule has 2 nitrogen and oxygen atoms in total. The summed E-state index contributed by atoms with van der Waals surface area (Å²) in [6, 6.07) is 5.67.